The molecule has 0 aliphatic carbocycles. The van der Waals surface area contributed by atoms with E-state index in [0.717, 1.165) is 0 Å². The van der Waals surface area contributed by atoms with E-state index in [2.05, 4.69) is 9.82 Å². The highest BCUT2D eigenvalue weighted by Gasteiger charge is 2.32. The first-order chi connectivity index (χ1) is 9.36. The second-order valence-electron chi connectivity index (χ2n) is 5.10. The number of aryl methyl sites for hydroxylation is 1. The highest BCUT2D eigenvalue weighted by molar-refractivity contribution is 7.89. The van der Waals surface area contributed by atoms with E-state index >= 15 is 0 Å². The molecule has 1 aromatic heterocycles. The Labute approximate surface area is 119 Å². The van der Waals surface area contributed by atoms with Crippen molar-refractivity contribution in [1.82, 2.24) is 14.5 Å². The van der Waals surface area contributed by atoms with Gasteiger partial charge in [0.1, 0.15) is 4.90 Å². The van der Waals surface area contributed by atoms with Crippen LogP contribution in [0.2, 0.25) is 0 Å². The zero-order chi connectivity index (χ0) is 14.9. The Kier molecular flexibility index (Phi) is 4.48. The number of hydrogen-bond donors (Lipinski definition) is 2. The van der Waals surface area contributed by atoms with Crippen LogP contribution in [0, 0.1) is 13.8 Å². The lowest BCUT2D eigenvalue weighted by Crippen LogP contribution is -2.39. The Morgan fingerprint density at radius 3 is 2.75 bits per heavy atom. The third kappa shape index (κ3) is 2.88. The molecule has 2 rings (SSSR count). The molecule has 0 amide bonds. The Morgan fingerprint density at radius 2 is 2.20 bits per heavy atom. The minimum atomic E-state index is -3.59. The first-order valence-corrected chi connectivity index (χ1v) is 8.23. The van der Waals surface area contributed by atoms with Crippen molar-refractivity contribution >= 4 is 10.0 Å². The van der Waals surface area contributed by atoms with Gasteiger partial charge in [0.25, 0.3) is 0 Å². The van der Waals surface area contributed by atoms with Crippen LogP contribution >= 0.6 is 0 Å². The first kappa shape index (κ1) is 15.4. The van der Waals surface area contributed by atoms with Gasteiger partial charge in [0.15, 0.2) is 0 Å². The molecule has 2 unspecified atom stereocenters. The maximum absolute atomic E-state index is 12.5. The van der Waals surface area contributed by atoms with Gasteiger partial charge in [-0.15, -0.1) is 0 Å². The average molecular weight is 302 g/mol. The predicted octanol–water partition coefficient (Wildman–Crippen LogP) is -0.0857. The molecular weight excluding hydrogens is 280 g/mol. The third-order valence-electron chi connectivity index (χ3n) is 3.61. The van der Waals surface area contributed by atoms with Crippen molar-refractivity contribution in [2.24, 2.45) is 5.73 Å². The fourth-order valence-corrected chi connectivity index (χ4v) is 4.30. The summed E-state index contributed by atoms with van der Waals surface area (Å²) in [5.74, 6) is 0. The molecule has 0 radical (unpaired) electrons. The van der Waals surface area contributed by atoms with Gasteiger partial charge in [0.05, 0.1) is 30.1 Å². The molecule has 0 saturated carbocycles. The second kappa shape index (κ2) is 5.80. The van der Waals surface area contributed by atoms with Crippen molar-refractivity contribution in [3.05, 3.63) is 11.4 Å². The molecule has 2 heterocycles. The van der Waals surface area contributed by atoms with Crippen molar-refractivity contribution in [2.45, 2.75) is 50.8 Å². The van der Waals surface area contributed by atoms with Crippen molar-refractivity contribution < 1.29 is 13.2 Å². The van der Waals surface area contributed by atoms with Crippen molar-refractivity contribution in [2.75, 3.05) is 13.2 Å². The summed E-state index contributed by atoms with van der Waals surface area (Å²) in [4.78, 5) is 0.255. The summed E-state index contributed by atoms with van der Waals surface area (Å²) < 4.78 is 34.8. The van der Waals surface area contributed by atoms with Crippen molar-refractivity contribution in [3.63, 3.8) is 0 Å². The van der Waals surface area contributed by atoms with Gasteiger partial charge in [-0.05, 0) is 27.2 Å². The molecule has 0 aromatic carbocycles. The zero-order valence-corrected chi connectivity index (χ0v) is 12.9. The van der Waals surface area contributed by atoms with Crippen LogP contribution in [0.1, 0.15) is 24.7 Å². The monoisotopic (exact) mass is 302 g/mol. The molecule has 7 nitrogen and oxygen atoms in total. The predicted molar refractivity (Wildman–Crippen MR) is 74.9 cm³/mol. The van der Waals surface area contributed by atoms with Gasteiger partial charge in [0, 0.05) is 13.2 Å². The lowest BCUT2D eigenvalue weighted by atomic mass is 10.2. The third-order valence-corrected chi connectivity index (χ3v) is 5.35. The zero-order valence-electron chi connectivity index (χ0n) is 12.1. The van der Waals surface area contributed by atoms with Gasteiger partial charge >= 0.3 is 0 Å². The summed E-state index contributed by atoms with van der Waals surface area (Å²) in [7, 11) is -3.59. The van der Waals surface area contributed by atoms with Crippen LogP contribution in [-0.4, -0.2) is 43.5 Å². The molecule has 1 aromatic rings. The summed E-state index contributed by atoms with van der Waals surface area (Å²) in [6.07, 6.45) is 0.583. The van der Waals surface area contributed by atoms with E-state index in [4.69, 9.17) is 10.5 Å². The molecule has 1 fully saturated rings. The van der Waals surface area contributed by atoms with Gasteiger partial charge in [-0.3, -0.25) is 4.68 Å². The number of nitrogens with zero attached hydrogens (tertiary/aromatic N) is 2. The summed E-state index contributed by atoms with van der Waals surface area (Å²) in [5, 5.41) is 4.25. The summed E-state index contributed by atoms with van der Waals surface area (Å²) in [6.45, 7) is 6.83. The molecule has 2 atom stereocenters. The largest absolute Gasteiger partial charge is 0.377 e. The van der Waals surface area contributed by atoms with E-state index in [-0.39, 0.29) is 17.0 Å². The van der Waals surface area contributed by atoms with Crippen LogP contribution in [0.3, 0.4) is 0 Å². The highest BCUT2D eigenvalue weighted by Crippen LogP contribution is 2.22. The number of nitrogens with one attached hydrogen (secondary N) is 1. The van der Waals surface area contributed by atoms with Crippen molar-refractivity contribution in [3.8, 4) is 0 Å². The van der Waals surface area contributed by atoms with E-state index in [1.807, 2.05) is 6.92 Å². The van der Waals surface area contributed by atoms with E-state index in [1.54, 1.807) is 18.5 Å². The lowest BCUT2D eigenvalue weighted by Gasteiger charge is -2.16. The Hall–Kier alpha value is -0.960. The van der Waals surface area contributed by atoms with E-state index in [1.165, 1.54) is 0 Å². The number of rotatable bonds is 5. The van der Waals surface area contributed by atoms with Gasteiger partial charge in [-0.1, -0.05) is 0 Å². The average Bonchev–Trinajstić information content (AvgIpc) is 2.85. The molecule has 0 bridgehead atoms. The van der Waals surface area contributed by atoms with Gasteiger partial charge in [-0.25, -0.2) is 13.1 Å². The van der Waals surface area contributed by atoms with Gasteiger partial charge in [0.2, 0.25) is 10.0 Å². The van der Waals surface area contributed by atoms with Crippen LogP contribution < -0.4 is 10.5 Å². The Morgan fingerprint density at radius 1 is 1.50 bits per heavy atom. The fraction of sp³-hybridized carbons (Fsp3) is 0.750. The maximum Gasteiger partial charge on any atom is 0.244 e. The Balaban J connectivity index is 2.29. The van der Waals surface area contributed by atoms with Crippen LogP contribution in [0.25, 0.3) is 0 Å². The fourth-order valence-electron chi connectivity index (χ4n) is 2.55. The minimum Gasteiger partial charge on any atom is -0.377 e. The quantitative estimate of drug-likeness (QED) is 0.792. The molecule has 0 spiro atoms. The van der Waals surface area contributed by atoms with Crippen LogP contribution in [0.5, 0.6) is 0 Å². The van der Waals surface area contributed by atoms with Gasteiger partial charge < -0.3 is 10.5 Å². The topological polar surface area (TPSA) is 99.2 Å². The van der Waals surface area contributed by atoms with Crippen LogP contribution in [0.4, 0.5) is 0 Å². The number of sulfonamides is 1. The summed E-state index contributed by atoms with van der Waals surface area (Å²) in [5.41, 5.74) is 6.62. The van der Waals surface area contributed by atoms with Crippen molar-refractivity contribution in [1.29, 1.82) is 0 Å². The summed E-state index contributed by atoms with van der Waals surface area (Å²) in [6, 6.07) is -0.184. The normalized spacial score (nSPS) is 23.4. The maximum atomic E-state index is 12.5. The smallest absolute Gasteiger partial charge is 0.244 e. The first-order valence-electron chi connectivity index (χ1n) is 6.75. The van der Waals surface area contributed by atoms with E-state index in [0.29, 0.717) is 37.5 Å². The van der Waals surface area contributed by atoms with E-state index < -0.39 is 10.0 Å². The molecule has 8 heteroatoms. The number of ether oxygens (including phenoxy) is 1. The van der Waals surface area contributed by atoms with Gasteiger partial charge in [-0.2, -0.15) is 5.10 Å². The van der Waals surface area contributed by atoms with E-state index in [9.17, 15) is 8.42 Å². The molecule has 1 saturated heterocycles. The number of nitrogens with two attached hydrogens (primary N) is 1. The second-order valence-corrected chi connectivity index (χ2v) is 6.75. The molecule has 3 N–H and O–H groups in total. The highest BCUT2D eigenvalue weighted by atomic mass is 32.2. The molecule has 1 aliphatic heterocycles. The SMILES string of the molecule is Cc1nn(CCN)c(C)c1S(=O)(=O)NC1CCOC1C. The molecule has 114 valence electrons. The lowest BCUT2D eigenvalue weighted by molar-refractivity contribution is 0.117. The number of hydrogen-bond acceptors (Lipinski definition) is 5. The summed E-state index contributed by atoms with van der Waals surface area (Å²) >= 11 is 0. The molecule has 20 heavy (non-hydrogen) atoms. The Bertz CT molecular complexity index is 582. The molecular formula is C12H22N4O3S. The van der Waals surface area contributed by atoms with Crippen LogP contribution in [0.15, 0.2) is 4.90 Å². The minimum absolute atomic E-state index is 0.107. The van der Waals surface area contributed by atoms with Crippen LogP contribution in [-0.2, 0) is 21.3 Å². The number of aromatic nitrogens is 2. The molecule has 1 aliphatic rings. The standard InChI is InChI=1S/C12H22N4O3S/c1-8-12(9(2)16(14-8)6-5-13)20(17,18)15-11-4-7-19-10(11)3/h10-11,15H,4-7,13H2,1-3H3.